The molecular weight excluding hydrogens is 356 g/mol. The molecule has 5 atom stereocenters. The van der Waals surface area contributed by atoms with Gasteiger partial charge in [-0.2, -0.15) is 0 Å². The first-order chi connectivity index (χ1) is 13.7. The number of hydrogen-bond donors (Lipinski definition) is 0. The zero-order valence-corrected chi connectivity index (χ0v) is 16.4. The van der Waals surface area contributed by atoms with Crippen LogP contribution in [0, 0.1) is 23.7 Å². The number of fused-ring (bicyclic) bond motifs is 2. The highest BCUT2D eigenvalue weighted by atomic mass is 16.6. The van der Waals surface area contributed by atoms with Crippen molar-refractivity contribution in [2.24, 2.45) is 28.8 Å². The minimum Gasteiger partial charge on any atom is -0.469 e. The third kappa shape index (κ3) is 3.82. The Kier molecular flexibility index (Phi) is 5.74. The zero-order chi connectivity index (χ0) is 19.5. The van der Waals surface area contributed by atoms with Crippen molar-refractivity contribution in [2.75, 3.05) is 7.11 Å². The summed E-state index contributed by atoms with van der Waals surface area (Å²) in [6, 6.07) is 3.93. The van der Waals surface area contributed by atoms with Crippen LogP contribution in [0.5, 0.6) is 0 Å². The number of pyridine rings is 1. The van der Waals surface area contributed by atoms with E-state index in [4.69, 9.17) is 4.84 Å². The number of methoxy groups -OCH3 is 1. The van der Waals surface area contributed by atoms with Crippen molar-refractivity contribution in [2.45, 2.75) is 57.5 Å². The van der Waals surface area contributed by atoms with Gasteiger partial charge < -0.3 is 9.57 Å². The van der Waals surface area contributed by atoms with Gasteiger partial charge >= 0.3 is 5.97 Å². The van der Waals surface area contributed by atoms with Crippen LogP contribution in [-0.2, 0) is 19.2 Å². The molecule has 28 heavy (non-hydrogen) atoms. The number of aromatic nitrogens is 1. The third-order valence-corrected chi connectivity index (χ3v) is 6.72. The number of carbonyl (C=O) groups is 2. The number of unbranched alkanes of at least 4 members (excludes halogenated alkanes) is 1. The first-order valence-electron chi connectivity index (χ1n) is 10.4. The molecule has 0 radical (unpaired) electrons. The molecule has 1 aliphatic heterocycles. The average molecular weight is 384 g/mol. The highest BCUT2D eigenvalue weighted by Crippen LogP contribution is 2.55. The van der Waals surface area contributed by atoms with Gasteiger partial charge in [0.15, 0.2) is 6.10 Å². The van der Waals surface area contributed by atoms with Crippen molar-refractivity contribution in [3.8, 4) is 0 Å². The summed E-state index contributed by atoms with van der Waals surface area (Å²) in [4.78, 5) is 34.1. The van der Waals surface area contributed by atoms with E-state index in [1.807, 2.05) is 12.1 Å². The number of carbonyl (C=O) groups excluding carboxylic acids is 2. The number of Topliss-reactive ketones (excluding diaryl/α,β-unsaturated/α-hetero) is 1. The third-order valence-electron chi connectivity index (χ3n) is 6.72. The number of ether oxygens (including phenoxy) is 1. The standard InChI is InChI=1S/C22H28N2O4/c1-27-20(26)5-3-2-4-18(25)22-16-7-6-15(12-16)21(22)17-13-19(28-24-17)14-8-10-23-11-9-14/h8-11,15-16,19,21-22H,2-7,12-13H2,1H3/t15-,16+,19?,21-,22-/m1/s1. The van der Waals surface area contributed by atoms with Crippen LogP contribution in [0.2, 0.25) is 0 Å². The summed E-state index contributed by atoms with van der Waals surface area (Å²) in [5.74, 6) is 1.51. The molecular formula is C22H28N2O4. The van der Waals surface area contributed by atoms with Crippen molar-refractivity contribution in [3.05, 3.63) is 30.1 Å². The number of hydrogen-bond acceptors (Lipinski definition) is 6. The van der Waals surface area contributed by atoms with Crippen molar-refractivity contribution < 1.29 is 19.2 Å². The lowest BCUT2D eigenvalue weighted by Gasteiger charge is -2.29. The lowest BCUT2D eigenvalue weighted by molar-refractivity contribution is -0.140. The largest absolute Gasteiger partial charge is 0.469 e. The maximum absolute atomic E-state index is 13.0. The average Bonchev–Trinajstić information content (AvgIpc) is 3.47. The summed E-state index contributed by atoms with van der Waals surface area (Å²) in [6.07, 6.45) is 10.1. The summed E-state index contributed by atoms with van der Waals surface area (Å²) in [6.45, 7) is 0. The first kappa shape index (κ1) is 19.1. The SMILES string of the molecule is COC(=O)CCCCC(=O)[C@H]1[C@H]2CC[C@H](C2)[C@@H]1C1=NOC(c2ccncc2)C1. The molecule has 2 saturated carbocycles. The van der Waals surface area contributed by atoms with Gasteiger partial charge in [-0.1, -0.05) is 5.16 Å². The number of ketones is 1. The molecule has 2 heterocycles. The zero-order valence-electron chi connectivity index (χ0n) is 16.4. The predicted octanol–water partition coefficient (Wildman–Crippen LogP) is 3.86. The fourth-order valence-electron chi connectivity index (χ4n) is 5.42. The van der Waals surface area contributed by atoms with Crippen LogP contribution in [0.15, 0.2) is 29.7 Å². The Balaban J connectivity index is 1.37. The van der Waals surface area contributed by atoms with Gasteiger partial charge in [0, 0.05) is 43.5 Å². The molecule has 1 unspecified atom stereocenters. The number of nitrogens with zero attached hydrogens (tertiary/aromatic N) is 2. The van der Waals surface area contributed by atoms with E-state index in [-0.39, 0.29) is 23.9 Å². The summed E-state index contributed by atoms with van der Waals surface area (Å²) < 4.78 is 4.67. The molecule has 0 spiro atoms. The van der Waals surface area contributed by atoms with E-state index in [2.05, 4.69) is 14.9 Å². The van der Waals surface area contributed by atoms with Gasteiger partial charge in [-0.15, -0.1) is 0 Å². The number of oxime groups is 1. The van der Waals surface area contributed by atoms with E-state index in [0.717, 1.165) is 37.0 Å². The Morgan fingerprint density at radius 1 is 1.14 bits per heavy atom. The van der Waals surface area contributed by atoms with Gasteiger partial charge in [-0.3, -0.25) is 14.6 Å². The second-order valence-corrected chi connectivity index (χ2v) is 8.30. The molecule has 6 heteroatoms. The second-order valence-electron chi connectivity index (χ2n) is 8.30. The fourth-order valence-corrected chi connectivity index (χ4v) is 5.42. The molecule has 0 N–H and O–H groups in total. The summed E-state index contributed by atoms with van der Waals surface area (Å²) in [5, 5.41) is 4.44. The Labute approximate surface area is 165 Å². The molecule has 0 aromatic carbocycles. The monoisotopic (exact) mass is 384 g/mol. The Hall–Kier alpha value is -2.24. The molecule has 0 saturated heterocycles. The van der Waals surface area contributed by atoms with Gasteiger partial charge in [0.05, 0.1) is 12.8 Å². The van der Waals surface area contributed by atoms with Crippen molar-refractivity contribution >= 4 is 17.5 Å². The van der Waals surface area contributed by atoms with Crippen LogP contribution < -0.4 is 0 Å². The summed E-state index contributed by atoms with van der Waals surface area (Å²) in [7, 11) is 1.40. The Morgan fingerprint density at radius 3 is 2.68 bits per heavy atom. The maximum Gasteiger partial charge on any atom is 0.305 e. The molecule has 2 fully saturated rings. The molecule has 0 amide bonds. The van der Waals surface area contributed by atoms with E-state index in [9.17, 15) is 9.59 Å². The smallest absolute Gasteiger partial charge is 0.305 e. The summed E-state index contributed by atoms with van der Waals surface area (Å²) >= 11 is 0. The van der Waals surface area contributed by atoms with Crippen LogP contribution in [0.1, 0.15) is 63.0 Å². The van der Waals surface area contributed by atoms with E-state index >= 15 is 0 Å². The van der Waals surface area contributed by atoms with Crippen LogP contribution in [0.3, 0.4) is 0 Å². The molecule has 2 bridgehead atoms. The van der Waals surface area contributed by atoms with E-state index in [1.165, 1.54) is 13.5 Å². The van der Waals surface area contributed by atoms with E-state index in [1.54, 1.807) is 12.4 Å². The normalized spacial score (nSPS) is 30.8. The van der Waals surface area contributed by atoms with Gasteiger partial charge in [-0.25, -0.2) is 0 Å². The molecule has 2 aliphatic carbocycles. The topological polar surface area (TPSA) is 77.9 Å². The number of rotatable bonds is 8. The first-order valence-corrected chi connectivity index (χ1v) is 10.4. The lowest BCUT2D eigenvalue weighted by Crippen LogP contribution is -2.34. The van der Waals surface area contributed by atoms with Crippen LogP contribution >= 0.6 is 0 Å². The highest BCUT2D eigenvalue weighted by molar-refractivity contribution is 5.94. The fraction of sp³-hybridized carbons (Fsp3) is 0.636. The quantitative estimate of drug-likeness (QED) is 0.502. The second kappa shape index (κ2) is 8.41. The van der Waals surface area contributed by atoms with Crippen LogP contribution in [0.25, 0.3) is 0 Å². The highest BCUT2D eigenvalue weighted by Gasteiger charge is 2.53. The van der Waals surface area contributed by atoms with Gasteiger partial charge in [-0.05, 0) is 61.6 Å². The van der Waals surface area contributed by atoms with Gasteiger partial charge in [0.1, 0.15) is 5.78 Å². The predicted molar refractivity (Wildman–Crippen MR) is 103 cm³/mol. The Morgan fingerprint density at radius 2 is 1.89 bits per heavy atom. The van der Waals surface area contributed by atoms with Gasteiger partial charge in [0.25, 0.3) is 0 Å². The van der Waals surface area contributed by atoms with E-state index in [0.29, 0.717) is 36.9 Å². The van der Waals surface area contributed by atoms with Gasteiger partial charge in [0.2, 0.25) is 0 Å². The molecule has 150 valence electrons. The van der Waals surface area contributed by atoms with Crippen molar-refractivity contribution in [1.82, 2.24) is 4.98 Å². The number of esters is 1. The summed E-state index contributed by atoms with van der Waals surface area (Å²) in [5.41, 5.74) is 2.16. The molecule has 1 aromatic heterocycles. The maximum atomic E-state index is 13.0. The molecule has 1 aromatic rings. The lowest BCUT2D eigenvalue weighted by atomic mass is 9.72. The molecule has 4 rings (SSSR count). The van der Waals surface area contributed by atoms with Crippen LogP contribution in [-0.4, -0.2) is 29.6 Å². The minimum atomic E-state index is -0.204. The molecule has 3 aliphatic rings. The van der Waals surface area contributed by atoms with E-state index < -0.39 is 0 Å². The minimum absolute atomic E-state index is 0.0621. The Bertz CT molecular complexity index is 748. The van der Waals surface area contributed by atoms with Crippen molar-refractivity contribution in [1.29, 1.82) is 0 Å². The van der Waals surface area contributed by atoms with Crippen molar-refractivity contribution in [3.63, 3.8) is 0 Å². The molecule has 6 nitrogen and oxygen atoms in total. The van der Waals surface area contributed by atoms with Crippen LogP contribution in [0.4, 0.5) is 0 Å².